The van der Waals surface area contributed by atoms with Crippen LogP contribution >= 0.6 is 11.3 Å². The molecule has 2 aliphatic rings. The molecule has 5 rings (SSSR count). The maximum atomic E-state index is 13.3. The Balaban J connectivity index is 1.72. The second-order valence-electron chi connectivity index (χ2n) is 8.93. The number of esters is 1. The summed E-state index contributed by atoms with van der Waals surface area (Å²) in [6, 6.07) is 5.81. The van der Waals surface area contributed by atoms with E-state index in [1.54, 1.807) is 37.6 Å². The highest BCUT2D eigenvalue weighted by atomic mass is 32.1. The van der Waals surface area contributed by atoms with Crippen LogP contribution in [0.1, 0.15) is 66.0 Å². The summed E-state index contributed by atoms with van der Waals surface area (Å²) in [7, 11) is 1.61. The third-order valence-electron chi connectivity index (χ3n) is 6.75. The molecule has 2 aromatic heterocycles. The highest BCUT2D eigenvalue weighted by molar-refractivity contribution is 7.15. The number of hydrogen-bond acceptors (Lipinski definition) is 6. The van der Waals surface area contributed by atoms with E-state index in [-0.39, 0.29) is 35.6 Å². The highest BCUT2D eigenvalue weighted by Gasteiger charge is 2.31. The Morgan fingerprint density at radius 2 is 2.12 bits per heavy atom. The summed E-state index contributed by atoms with van der Waals surface area (Å²) >= 11 is 1.68. The van der Waals surface area contributed by atoms with Gasteiger partial charge in [-0.15, -0.1) is 11.3 Å². The minimum atomic E-state index is -0.601. The standard InChI is InChI=1S/C25H26N4O4S/c1-4-33-25(31)18-12-29(14-6-7-14)22-16(23(18)30)9-8-15(24(22)32-3)20-11-17-19(34-20)10-5-13(2)21(17)27-28-26/h8-9,11-14,21H,4-7,10H2,1-3H3. The lowest BCUT2D eigenvalue weighted by Crippen LogP contribution is -2.21. The number of ether oxygens (including phenoxy) is 2. The average Bonchev–Trinajstić information content (AvgIpc) is 3.59. The van der Waals surface area contributed by atoms with E-state index in [4.69, 9.17) is 15.0 Å². The number of carbonyl (C=O) groups excluding carboxylic acids is 1. The molecule has 176 valence electrons. The van der Waals surface area contributed by atoms with Gasteiger partial charge >= 0.3 is 5.97 Å². The molecule has 0 spiro atoms. The summed E-state index contributed by atoms with van der Waals surface area (Å²) in [6.07, 6.45) is 5.51. The molecule has 34 heavy (non-hydrogen) atoms. The van der Waals surface area contributed by atoms with E-state index in [0.717, 1.165) is 41.7 Å². The van der Waals surface area contributed by atoms with Gasteiger partial charge in [-0.25, -0.2) is 4.79 Å². The second kappa shape index (κ2) is 8.81. The number of aryl methyl sites for hydroxylation is 1. The molecule has 1 saturated carbocycles. The van der Waals surface area contributed by atoms with Gasteiger partial charge in [-0.05, 0) is 67.8 Å². The van der Waals surface area contributed by atoms with Gasteiger partial charge < -0.3 is 14.0 Å². The van der Waals surface area contributed by atoms with Crippen LogP contribution in [0, 0.1) is 5.92 Å². The van der Waals surface area contributed by atoms with Crippen molar-refractivity contribution in [2.75, 3.05) is 13.7 Å². The van der Waals surface area contributed by atoms with Gasteiger partial charge in [0.05, 0.1) is 30.7 Å². The first-order valence-corrected chi connectivity index (χ1v) is 12.4. The van der Waals surface area contributed by atoms with Gasteiger partial charge in [0.15, 0.2) is 5.75 Å². The zero-order valence-electron chi connectivity index (χ0n) is 19.4. The molecule has 0 saturated heterocycles. The smallest absolute Gasteiger partial charge is 0.343 e. The number of rotatable bonds is 6. The van der Waals surface area contributed by atoms with Gasteiger partial charge in [-0.2, -0.15) is 0 Å². The van der Waals surface area contributed by atoms with Crippen LogP contribution in [0.2, 0.25) is 0 Å². The largest absolute Gasteiger partial charge is 0.494 e. The minimum Gasteiger partial charge on any atom is -0.494 e. The number of aromatic nitrogens is 1. The van der Waals surface area contributed by atoms with Crippen LogP contribution in [0.4, 0.5) is 0 Å². The van der Waals surface area contributed by atoms with Crippen molar-refractivity contribution in [1.82, 2.24) is 4.57 Å². The maximum Gasteiger partial charge on any atom is 0.343 e. The average molecular weight is 479 g/mol. The third-order valence-corrected chi connectivity index (χ3v) is 8.00. The molecule has 2 heterocycles. The lowest BCUT2D eigenvalue weighted by Gasteiger charge is -2.24. The van der Waals surface area contributed by atoms with Gasteiger partial charge in [0.1, 0.15) is 5.56 Å². The van der Waals surface area contributed by atoms with Crippen molar-refractivity contribution in [2.45, 2.75) is 51.6 Å². The maximum absolute atomic E-state index is 13.3. The van der Waals surface area contributed by atoms with E-state index >= 15 is 0 Å². The summed E-state index contributed by atoms with van der Waals surface area (Å²) in [5.74, 6) is 0.297. The van der Waals surface area contributed by atoms with Crippen molar-refractivity contribution >= 4 is 28.2 Å². The second-order valence-corrected chi connectivity index (χ2v) is 10.1. The van der Waals surface area contributed by atoms with Crippen molar-refractivity contribution in [3.05, 3.63) is 61.1 Å². The van der Waals surface area contributed by atoms with Gasteiger partial charge in [0.25, 0.3) is 0 Å². The molecule has 2 unspecified atom stereocenters. The number of carbonyl (C=O) groups is 1. The number of fused-ring (bicyclic) bond motifs is 2. The zero-order chi connectivity index (χ0) is 24.0. The summed E-state index contributed by atoms with van der Waals surface area (Å²) in [5, 5.41) is 4.52. The molecular formula is C25H26N4O4S. The van der Waals surface area contributed by atoms with E-state index in [2.05, 4.69) is 23.0 Å². The van der Waals surface area contributed by atoms with Crippen LogP contribution in [0.3, 0.4) is 0 Å². The lowest BCUT2D eigenvalue weighted by molar-refractivity contribution is 0.0524. The highest BCUT2D eigenvalue weighted by Crippen LogP contribution is 2.48. The quantitative estimate of drug-likeness (QED) is 0.182. The number of azide groups is 1. The van der Waals surface area contributed by atoms with Crippen LogP contribution in [0.25, 0.3) is 31.8 Å². The molecule has 0 radical (unpaired) electrons. The molecule has 2 atom stereocenters. The van der Waals surface area contributed by atoms with Crippen molar-refractivity contribution in [3.63, 3.8) is 0 Å². The van der Waals surface area contributed by atoms with E-state index < -0.39 is 5.97 Å². The van der Waals surface area contributed by atoms with Crippen molar-refractivity contribution in [3.8, 4) is 16.2 Å². The first-order valence-electron chi connectivity index (χ1n) is 11.6. The van der Waals surface area contributed by atoms with E-state index in [0.29, 0.717) is 16.7 Å². The Bertz CT molecular complexity index is 1400. The van der Waals surface area contributed by atoms with Crippen LogP contribution in [0.15, 0.2) is 34.3 Å². The fraction of sp³-hybridized carbons (Fsp3) is 0.440. The van der Waals surface area contributed by atoms with Crippen molar-refractivity contribution < 1.29 is 14.3 Å². The number of thiophene rings is 1. The SMILES string of the molecule is CCOC(=O)c1cn(C2CC2)c2c(OC)c(-c3cc4c(s3)CCC(C)C4N=[N+]=[N-])ccc2c1=O. The Morgan fingerprint density at radius 3 is 2.79 bits per heavy atom. The molecule has 9 heteroatoms. The molecule has 1 fully saturated rings. The Morgan fingerprint density at radius 1 is 1.32 bits per heavy atom. The van der Waals surface area contributed by atoms with Crippen molar-refractivity contribution in [2.24, 2.45) is 11.0 Å². The Labute approximate surface area is 200 Å². The van der Waals surface area contributed by atoms with E-state index in [9.17, 15) is 9.59 Å². The molecule has 0 amide bonds. The fourth-order valence-corrected chi connectivity index (χ4v) is 6.13. The van der Waals surface area contributed by atoms with Gasteiger partial charge in [-0.3, -0.25) is 4.79 Å². The number of methoxy groups -OCH3 is 1. The van der Waals surface area contributed by atoms with Gasteiger partial charge in [-0.1, -0.05) is 12.0 Å². The van der Waals surface area contributed by atoms with Crippen LogP contribution < -0.4 is 10.2 Å². The minimum absolute atomic E-state index is 0.0498. The first-order chi connectivity index (χ1) is 16.5. The predicted octanol–water partition coefficient (Wildman–Crippen LogP) is 6.18. The number of benzene rings is 1. The fourth-order valence-electron chi connectivity index (χ4n) is 4.89. The zero-order valence-corrected chi connectivity index (χ0v) is 20.2. The molecule has 0 N–H and O–H groups in total. The molecule has 3 aromatic rings. The lowest BCUT2D eigenvalue weighted by atomic mass is 9.85. The number of nitrogens with zero attached hydrogens (tertiary/aromatic N) is 4. The van der Waals surface area contributed by atoms with Crippen LogP contribution in [-0.4, -0.2) is 24.3 Å². The van der Waals surface area contributed by atoms with E-state index in [1.165, 1.54) is 4.88 Å². The van der Waals surface area contributed by atoms with E-state index in [1.807, 2.05) is 10.6 Å². The normalized spacial score (nSPS) is 19.4. The summed E-state index contributed by atoms with van der Waals surface area (Å²) in [6.45, 7) is 4.05. The van der Waals surface area contributed by atoms with Crippen molar-refractivity contribution in [1.29, 1.82) is 0 Å². The molecule has 0 aliphatic heterocycles. The first kappa shape index (κ1) is 22.5. The molecule has 0 bridgehead atoms. The number of pyridine rings is 1. The topological polar surface area (TPSA) is 106 Å². The van der Waals surface area contributed by atoms with Gasteiger partial charge in [0.2, 0.25) is 5.43 Å². The van der Waals surface area contributed by atoms with Crippen LogP contribution in [0.5, 0.6) is 5.75 Å². The third kappa shape index (κ3) is 3.65. The number of hydrogen-bond donors (Lipinski definition) is 0. The molecule has 1 aromatic carbocycles. The molecule has 8 nitrogen and oxygen atoms in total. The predicted molar refractivity (Wildman–Crippen MR) is 132 cm³/mol. The van der Waals surface area contributed by atoms with Gasteiger partial charge in [0, 0.05) is 32.5 Å². The Kier molecular flexibility index (Phi) is 5.83. The molecule has 2 aliphatic carbocycles. The summed E-state index contributed by atoms with van der Waals surface area (Å²) in [5.41, 5.74) is 11.4. The summed E-state index contributed by atoms with van der Waals surface area (Å²) < 4.78 is 13.0. The summed E-state index contributed by atoms with van der Waals surface area (Å²) in [4.78, 5) is 31.0. The monoisotopic (exact) mass is 478 g/mol. The van der Waals surface area contributed by atoms with Crippen LogP contribution in [-0.2, 0) is 11.2 Å². The molecular weight excluding hydrogens is 452 g/mol. The Hall–Kier alpha value is -3.29.